The highest BCUT2D eigenvalue weighted by molar-refractivity contribution is 5.97. The zero-order chi connectivity index (χ0) is 20.1. The standard InChI is InChI=1S/C18H30N2O6/c1-17(2,3)25-13(21)9-7-11-15(23)20-12(16(24)19-11)8-10-14(22)26-18(4,5)6/h11-12H,7-10H2,1-6H3,(H,19,24)(H,20,23). The number of nitrogens with one attached hydrogen (secondary N) is 2. The van der Waals surface area contributed by atoms with E-state index >= 15 is 0 Å². The minimum atomic E-state index is -0.784. The van der Waals surface area contributed by atoms with E-state index in [4.69, 9.17) is 9.47 Å². The van der Waals surface area contributed by atoms with Crippen molar-refractivity contribution in [3.05, 3.63) is 0 Å². The van der Waals surface area contributed by atoms with Crippen LogP contribution in [0.3, 0.4) is 0 Å². The summed E-state index contributed by atoms with van der Waals surface area (Å²) in [6.07, 6.45) is 0.368. The van der Waals surface area contributed by atoms with Crippen LogP contribution in [0.2, 0.25) is 0 Å². The molecule has 0 saturated carbocycles. The van der Waals surface area contributed by atoms with E-state index in [9.17, 15) is 19.2 Å². The van der Waals surface area contributed by atoms with Crippen molar-refractivity contribution in [3.8, 4) is 0 Å². The zero-order valence-corrected chi connectivity index (χ0v) is 16.4. The summed E-state index contributed by atoms with van der Waals surface area (Å²) in [7, 11) is 0. The topological polar surface area (TPSA) is 111 Å². The maximum atomic E-state index is 12.1. The van der Waals surface area contributed by atoms with Gasteiger partial charge in [-0.3, -0.25) is 19.2 Å². The molecule has 1 saturated heterocycles. The van der Waals surface area contributed by atoms with Crippen LogP contribution in [0.15, 0.2) is 0 Å². The summed E-state index contributed by atoms with van der Waals surface area (Å²) in [6.45, 7) is 10.6. The number of hydrogen-bond donors (Lipinski definition) is 2. The Balaban J connectivity index is 2.44. The summed E-state index contributed by atoms with van der Waals surface area (Å²) < 4.78 is 10.4. The fourth-order valence-electron chi connectivity index (χ4n) is 2.39. The second kappa shape index (κ2) is 8.51. The number of amides is 2. The van der Waals surface area contributed by atoms with Crippen molar-refractivity contribution in [2.24, 2.45) is 0 Å². The Bertz CT molecular complexity index is 509. The normalized spacial score (nSPS) is 20.8. The largest absolute Gasteiger partial charge is 0.460 e. The molecule has 1 fully saturated rings. The van der Waals surface area contributed by atoms with Crippen LogP contribution in [0.25, 0.3) is 0 Å². The van der Waals surface area contributed by atoms with Crippen molar-refractivity contribution in [2.45, 2.75) is 90.5 Å². The molecule has 0 aromatic heterocycles. The molecule has 0 bridgehead atoms. The second-order valence-electron chi connectivity index (χ2n) is 8.37. The first-order valence-electron chi connectivity index (χ1n) is 8.81. The molecule has 0 aliphatic carbocycles. The van der Waals surface area contributed by atoms with E-state index in [0.29, 0.717) is 0 Å². The molecule has 26 heavy (non-hydrogen) atoms. The zero-order valence-electron chi connectivity index (χ0n) is 16.4. The summed E-state index contributed by atoms with van der Waals surface area (Å²) in [5, 5.41) is 5.19. The Kier molecular flexibility index (Phi) is 7.17. The van der Waals surface area contributed by atoms with E-state index in [1.165, 1.54) is 0 Å². The summed E-state index contributed by atoms with van der Waals surface area (Å²) in [6, 6.07) is -1.57. The SMILES string of the molecule is CC(C)(C)OC(=O)CCC1NC(=O)C(CCC(=O)OC(C)(C)C)NC1=O. The summed E-state index contributed by atoms with van der Waals surface area (Å²) in [5.74, 6) is -1.59. The lowest BCUT2D eigenvalue weighted by atomic mass is 10.0. The first kappa shape index (κ1) is 21.9. The lowest BCUT2D eigenvalue weighted by molar-refractivity contribution is -0.157. The molecular weight excluding hydrogens is 340 g/mol. The van der Waals surface area contributed by atoms with Gasteiger partial charge in [0, 0.05) is 12.8 Å². The van der Waals surface area contributed by atoms with E-state index in [2.05, 4.69) is 10.6 Å². The third kappa shape index (κ3) is 8.31. The van der Waals surface area contributed by atoms with Crippen molar-refractivity contribution >= 4 is 23.8 Å². The molecule has 2 atom stereocenters. The van der Waals surface area contributed by atoms with E-state index in [-0.39, 0.29) is 37.5 Å². The number of piperazine rings is 1. The second-order valence-corrected chi connectivity index (χ2v) is 8.37. The monoisotopic (exact) mass is 370 g/mol. The Morgan fingerprint density at radius 1 is 0.769 bits per heavy atom. The molecule has 2 N–H and O–H groups in total. The van der Waals surface area contributed by atoms with Gasteiger partial charge in [-0.2, -0.15) is 0 Å². The smallest absolute Gasteiger partial charge is 0.306 e. The summed E-state index contributed by atoms with van der Waals surface area (Å²) >= 11 is 0. The van der Waals surface area contributed by atoms with Gasteiger partial charge in [0.15, 0.2) is 0 Å². The number of esters is 2. The van der Waals surface area contributed by atoms with E-state index in [0.717, 1.165) is 0 Å². The van der Waals surface area contributed by atoms with Crippen LogP contribution in [0, 0.1) is 0 Å². The van der Waals surface area contributed by atoms with E-state index < -0.39 is 35.2 Å². The fourth-order valence-corrected chi connectivity index (χ4v) is 2.39. The van der Waals surface area contributed by atoms with Crippen LogP contribution < -0.4 is 10.6 Å². The van der Waals surface area contributed by atoms with Crippen molar-refractivity contribution in [1.82, 2.24) is 10.6 Å². The lowest BCUT2D eigenvalue weighted by Gasteiger charge is -2.30. The van der Waals surface area contributed by atoms with Gasteiger partial charge in [0.2, 0.25) is 11.8 Å². The van der Waals surface area contributed by atoms with E-state index in [1.807, 2.05) is 0 Å². The Labute approximate surface area is 154 Å². The Morgan fingerprint density at radius 2 is 1.08 bits per heavy atom. The Morgan fingerprint density at radius 3 is 1.35 bits per heavy atom. The molecule has 1 heterocycles. The number of hydrogen-bond acceptors (Lipinski definition) is 6. The molecule has 0 aromatic rings. The number of rotatable bonds is 6. The van der Waals surface area contributed by atoms with Gasteiger partial charge in [-0.05, 0) is 54.4 Å². The fraction of sp³-hybridized carbons (Fsp3) is 0.778. The maximum Gasteiger partial charge on any atom is 0.306 e. The predicted octanol–water partition coefficient (Wildman–Crippen LogP) is 1.21. The molecule has 1 aliphatic heterocycles. The first-order chi connectivity index (χ1) is 11.8. The quantitative estimate of drug-likeness (QED) is 0.680. The minimum Gasteiger partial charge on any atom is -0.460 e. The average Bonchev–Trinajstić information content (AvgIpc) is 2.42. The first-order valence-corrected chi connectivity index (χ1v) is 8.81. The third-order valence-corrected chi connectivity index (χ3v) is 3.38. The molecule has 148 valence electrons. The Hall–Kier alpha value is -2.12. The van der Waals surface area contributed by atoms with Crippen LogP contribution in [0.4, 0.5) is 0 Å². The van der Waals surface area contributed by atoms with E-state index in [1.54, 1.807) is 41.5 Å². The average molecular weight is 370 g/mol. The van der Waals surface area contributed by atoms with Gasteiger partial charge < -0.3 is 20.1 Å². The van der Waals surface area contributed by atoms with Crippen LogP contribution in [0.1, 0.15) is 67.2 Å². The van der Waals surface area contributed by atoms with Crippen LogP contribution in [0.5, 0.6) is 0 Å². The molecule has 2 amide bonds. The van der Waals surface area contributed by atoms with Gasteiger partial charge in [0.1, 0.15) is 23.3 Å². The van der Waals surface area contributed by atoms with Crippen molar-refractivity contribution in [3.63, 3.8) is 0 Å². The highest BCUT2D eigenvalue weighted by Gasteiger charge is 2.34. The molecule has 0 spiro atoms. The molecule has 8 heteroatoms. The molecule has 8 nitrogen and oxygen atoms in total. The number of carbonyl (C=O) groups is 4. The summed E-state index contributed by atoms with van der Waals surface area (Å²) in [5.41, 5.74) is -1.19. The number of ether oxygens (including phenoxy) is 2. The van der Waals surface area contributed by atoms with Gasteiger partial charge in [-0.1, -0.05) is 0 Å². The molecule has 0 aromatic carbocycles. The maximum absolute atomic E-state index is 12.1. The highest BCUT2D eigenvalue weighted by Crippen LogP contribution is 2.14. The molecule has 1 aliphatic rings. The van der Waals surface area contributed by atoms with Crippen LogP contribution in [-0.2, 0) is 28.7 Å². The van der Waals surface area contributed by atoms with Crippen molar-refractivity contribution < 1.29 is 28.7 Å². The predicted molar refractivity (Wildman–Crippen MR) is 94.0 cm³/mol. The van der Waals surface area contributed by atoms with Crippen molar-refractivity contribution in [2.75, 3.05) is 0 Å². The minimum absolute atomic E-state index is 0.0260. The van der Waals surface area contributed by atoms with Gasteiger partial charge in [-0.25, -0.2) is 0 Å². The van der Waals surface area contributed by atoms with Crippen LogP contribution >= 0.6 is 0 Å². The van der Waals surface area contributed by atoms with Gasteiger partial charge in [0.05, 0.1) is 0 Å². The molecule has 0 radical (unpaired) electrons. The lowest BCUT2D eigenvalue weighted by Crippen LogP contribution is -2.61. The summed E-state index contributed by atoms with van der Waals surface area (Å²) in [4.78, 5) is 47.7. The van der Waals surface area contributed by atoms with Crippen molar-refractivity contribution in [1.29, 1.82) is 0 Å². The van der Waals surface area contributed by atoms with Gasteiger partial charge in [0.25, 0.3) is 0 Å². The highest BCUT2D eigenvalue weighted by atomic mass is 16.6. The van der Waals surface area contributed by atoms with Crippen LogP contribution in [-0.4, -0.2) is 47.0 Å². The molecule has 1 rings (SSSR count). The van der Waals surface area contributed by atoms with Gasteiger partial charge in [-0.15, -0.1) is 0 Å². The number of carbonyl (C=O) groups excluding carboxylic acids is 4. The molecule has 2 unspecified atom stereocenters. The van der Waals surface area contributed by atoms with Gasteiger partial charge >= 0.3 is 11.9 Å². The third-order valence-electron chi connectivity index (χ3n) is 3.38. The molecular formula is C18H30N2O6.